The third-order valence-corrected chi connectivity index (χ3v) is 4.40. The van der Waals surface area contributed by atoms with E-state index in [1.54, 1.807) is 0 Å². The zero-order valence-electron chi connectivity index (χ0n) is 17.1. The van der Waals surface area contributed by atoms with Crippen molar-refractivity contribution < 1.29 is 41.7 Å². The van der Waals surface area contributed by atoms with Crippen molar-refractivity contribution in [3.05, 3.63) is 58.9 Å². The summed E-state index contributed by atoms with van der Waals surface area (Å²) in [6, 6.07) is 8.75. The lowest BCUT2D eigenvalue weighted by atomic mass is 10.1. The largest absolute Gasteiger partial charge is 0.573 e. The Kier molecular flexibility index (Phi) is 9.74. The van der Waals surface area contributed by atoms with Gasteiger partial charge in [0.05, 0.1) is 17.5 Å². The summed E-state index contributed by atoms with van der Waals surface area (Å²) in [5, 5.41) is 14.8. The van der Waals surface area contributed by atoms with E-state index in [4.69, 9.17) is 16.3 Å². The number of aliphatic hydroxyl groups excluding tert-OH is 1. The van der Waals surface area contributed by atoms with Crippen LogP contribution >= 0.6 is 11.6 Å². The Morgan fingerprint density at radius 3 is 2.52 bits per heavy atom. The van der Waals surface area contributed by atoms with Crippen LogP contribution in [-0.2, 0) is 16.0 Å². The summed E-state index contributed by atoms with van der Waals surface area (Å²) >= 11 is 5.55. The molecular weight excluding hydrogens is 472 g/mol. The number of aliphatic hydroxyl groups is 1. The van der Waals surface area contributed by atoms with Crippen molar-refractivity contribution >= 4 is 23.4 Å². The van der Waals surface area contributed by atoms with E-state index in [0.717, 1.165) is 18.2 Å². The van der Waals surface area contributed by atoms with Gasteiger partial charge in [-0.05, 0) is 36.2 Å². The summed E-state index contributed by atoms with van der Waals surface area (Å²) in [7, 11) is 0. The molecule has 0 radical (unpaired) electrons. The quantitative estimate of drug-likeness (QED) is 0.419. The Hall–Kier alpha value is -3.05. The van der Waals surface area contributed by atoms with Crippen LogP contribution in [0.2, 0.25) is 5.02 Å². The van der Waals surface area contributed by atoms with Crippen molar-refractivity contribution in [1.82, 2.24) is 10.6 Å². The number of rotatable bonds is 11. The fourth-order valence-corrected chi connectivity index (χ4v) is 2.70. The highest BCUT2D eigenvalue weighted by molar-refractivity contribution is 6.30. The normalized spacial score (nSPS) is 12.1. The predicted molar refractivity (Wildman–Crippen MR) is 110 cm³/mol. The van der Waals surface area contributed by atoms with Gasteiger partial charge in [0.2, 0.25) is 5.91 Å². The standard InChI is InChI=1S/C21H21ClF4N2O5/c22-17-5-4-15(10-18(17)23)32-12-20(31)27-7-6-14(29)11-28-19(30)9-13-2-1-3-16(8-13)33-21(24,25)26/h1-5,8,10,14,29H,6-7,9,11-12H2,(H,27,31)(H,28,30). The monoisotopic (exact) mass is 492 g/mol. The Morgan fingerprint density at radius 1 is 1.06 bits per heavy atom. The minimum atomic E-state index is -4.83. The van der Waals surface area contributed by atoms with Gasteiger partial charge in [-0.3, -0.25) is 9.59 Å². The van der Waals surface area contributed by atoms with Crippen LogP contribution in [0.4, 0.5) is 17.6 Å². The molecule has 180 valence electrons. The molecule has 0 saturated carbocycles. The zero-order chi connectivity index (χ0) is 24.4. The Balaban J connectivity index is 1.64. The first-order valence-corrected chi connectivity index (χ1v) is 10.0. The smallest absolute Gasteiger partial charge is 0.484 e. The molecule has 2 aromatic carbocycles. The van der Waals surface area contributed by atoms with Gasteiger partial charge < -0.3 is 25.2 Å². The second-order valence-electron chi connectivity index (χ2n) is 6.83. The molecule has 2 aromatic rings. The molecule has 12 heteroatoms. The molecular formula is C21H21ClF4N2O5. The Morgan fingerprint density at radius 2 is 1.82 bits per heavy atom. The number of hydrogen-bond donors (Lipinski definition) is 3. The van der Waals surface area contributed by atoms with Crippen molar-refractivity contribution in [2.75, 3.05) is 19.7 Å². The van der Waals surface area contributed by atoms with Crippen molar-refractivity contribution in [2.45, 2.75) is 25.3 Å². The van der Waals surface area contributed by atoms with Gasteiger partial charge in [-0.15, -0.1) is 13.2 Å². The van der Waals surface area contributed by atoms with Gasteiger partial charge in [0, 0.05) is 19.2 Å². The number of alkyl halides is 3. The summed E-state index contributed by atoms with van der Waals surface area (Å²) < 4.78 is 59.0. The lowest BCUT2D eigenvalue weighted by Gasteiger charge is -2.13. The van der Waals surface area contributed by atoms with Gasteiger partial charge in [-0.2, -0.15) is 0 Å². The third kappa shape index (κ3) is 10.4. The highest BCUT2D eigenvalue weighted by Gasteiger charge is 2.31. The SMILES string of the molecule is O=C(COc1ccc(Cl)c(F)c1)NCCC(O)CNC(=O)Cc1cccc(OC(F)(F)F)c1. The van der Waals surface area contributed by atoms with Gasteiger partial charge in [-0.25, -0.2) is 4.39 Å². The molecule has 0 aliphatic heterocycles. The maximum absolute atomic E-state index is 13.3. The minimum absolute atomic E-state index is 0.0723. The summed E-state index contributed by atoms with van der Waals surface area (Å²) in [6.45, 7) is -0.399. The molecule has 0 bridgehead atoms. The molecule has 7 nitrogen and oxygen atoms in total. The van der Waals surface area contributed by atoms with E-state index in [1.165, 1.54) is 24.3 Å². The fraction of sp³-hybridized carbons (Fsp3) is 0.333. The first kappa shape index (κ1) is 26.2. The minimum Gasteiger partial charge on any atom is -0.484 e. The van der Waals surface area contributed by atoms with Crippen molar-refractivity contribution in [1.29, 1.82) is 0 Å². The van der Waals surface area contributed by atoms with Crippen LogP contribution in [0.3, 0.4) is 0 Å². The van der Waals surface area contributed by atoms with Crippen molar-refractivity contribution in [2.24, 2.45) is 0 Å². The van der Waals surface area contributed by atoms with Crippen LogP contribution in [0.1, 0.15) is 12.0 Å². The van der Waals surface area contributed by atoms with Crippen molar-refractivity contribution in [3.8, 4) is 11.5 Å². The second kappa shape index (κ2) is 12.3. The highest BCUT2D eigenvalue weighted by atomic mass is 35.5. The first-order chi connectivity index (χ1) is 15.5. The maximum atomic E-state index is 13.3. The zero-order valence-corrected chi connectivity index (χ0v) is 17.9. The van der Waals surface area contributed by atoms with Crippen LogP contribution in [0.15, 0.2) is 42.5 Å². The first-order valence-electron chi connectivity index (χ1n) is 9.66. The van der Waals surface area contributed by atoms with E-state index in [1.807, 2.05) is 0 Å². The molecule has 0 aliphatic carbocycles. The Bertz CT molecular complexity index is 958. The van der Waals surface area contributed by atoms with Crippen LogP contribution in [0.5, 0.6) is 11.5 Å². The van der Waals surface area contributed by atoms with Crippen LogP contribution in [-0.4, -0.2) is 49.1 Å². The molecule has 33 heavy (non-hydrogen) atoms. The lowest BCUT2D eigenvalue weighted by Crippen LogP contribution is -2.36. The summed E-state index contributed by atoms with van der Waals surface area (Å²) in [5.74, 6) is -1.99. The van der Waals surface area contributed by atoms with E-state index >= 15 is 0 Å². The van der Waals surface area contributed by atoms with Crippen LogP contribution in [0, 0.1) is 5.82 Å². The summed E-state index contributed by atoms with van der Waals surface area (Å²) in [4.78, 5) is 23.7. The average molecular weight is 493 g/mol. The number of nitrogens with one attached hydrogen (secondary N) is 2. The molecule has 2 amide bonds. The van der Waals surface area contributed by atoms with Crippen LogP contribution < -0.4 is 20.1 Å². The summed E-state index contributed by atoms with van der Waals surface area (Å²) in [5.41, 5.74) is 0.302. The van der Waals surface area contributed by atoms with E-state index in [9.17, 15) is 32.3 Å². The van der Waals surface area contributed by atoms with Gasteiger partial charge in [0.15, 0.2) is 6.61 Å². The molecule has 0 aliphatic rings. The molecule has 0 heterocycles. The predicted octanol–water partition coefficient (Wildman–Crippen LogP) is 2.98. The molecule has 0 fully saturated rings. The molecule has 1 unspecified atom stereocenters. The molecule has 3 N–H and O–H groups in total. The molecule has 0 aromatic heterocycles. The number of amides is 2. The highest BCUT2D eigenvalue weighted by Crippen LogP contribution is 2.23. The van der Waals surface area contributed by atoms with Gasteiger partial charge in [-0.1, -0.05) is 23.7 Å². The topological polar surface area (TPSA) is 96.9 Å². The number of carbonyl (C=O) groups excluding carboxylic acids is 2. The number of ether oxygens (including phenoxy) is 2. The van der Waals surface area contributed by atoms with Gasteiger partial charge in [0.1, 0.15) is 17.3 Å². The van der Waals surface area contributed by atoms with E-state index < -0.39 is 35.8 Å². The third-order valence-electron chi connectivity index (χ3n) is 4.09. The number of benzene rings is 2. The lowest BCUT2D eigenvalue weighted by molar-refractivity contribution is -0.274. The molecule has 2 rings (SSSR count). The van der Waals surface area contributed by atoms with Gasteiger partial charge in [0.25, 0.3) is 5.91 Å². The van der Waals surface area contributed by atoms with Crippen molar-refractivity contribution in [3.63, 3.8) is 0 Å². The maximum Gasteiger partial charge on any atom is 0.573 e. The summed E-state index contributed by atoms with van der Waals surface area (Å²) in [6.07, 6.45) is -5.89. The fourth-order valence-electron chi connectivity index (χ4n) is 2.58. The number of halogens is 5. The number of carbonyl (C=O) groups is 2. The van der Waals surface area contributed by atoms with Crippen LogP contribution in [0.25, 0.3) is 0 Å². The average Bonchev–Trinajstić information content (AvgIpc) is 2.72. The number of hydrogen-bond acceptors (Lipinski definition) is 5. The molecule has 0 spiro atoms. The molecule has 1 atom stereocenters. The second-order valence-corrected chi connectivity index (χ2v) is 7.24. The van der Waals surface area contributed by atoms with E-state index in [-0.39, 0.29) is 43.3 Å². The Labute approximate surface area is 191 Å². The van der Waals surface area contributed by atoms with E-state index in [2.05, 4.69) is 15.4 Å². The molecule has 0 saturated heterocycles. The van der Waals surface area contributed by atoms with Gasteiger partial charge >= 0.3 is 6.36 Å². The van der Waals surface area contributed by atoms with E-state index in [0.29, 0.717) is 5.56 Å².